The van der Waals surface area contributed by atoms with Gasteiger partial charge in [-0.1, -0.05) is 11.6 Å². The van der Waals surface area contributed by atoms with Crippen LogP contribution in [0.15, 0.2) is 30.5 Å². The maximum absolute atomic E-state index is 13.6. The Morgan fingerprint density at radius 3 is 2.79 bits per heavy atom. The second-order valence-corrected chi connectivity index (χ2v) is 4.44. The van der Waals surface area contributed by atoms with Gasteiger partial charge < -0.3 is 11.1 Å². The number of anilines is 2. The lowest BCUT2D eigenvalue weighted by molar-refractivity contribution is 0.102. The fraction of sp³-hybridized carbons (Fsp3) is 0.0769. The Hall–Kier alpha value is -2.14. The first-order valence-electron chi connectivity index (χ1n) is 5.46. The van der Waals surface area contributed by atoms with Crippen LogP contribution in [0.5, 0.6) is 0 Å². The number of nitrogens with one attached hydrogen (secondary N) is 1. The first kappa shape index (κ1) is 13.3. The van der Waals surface area contributed by atoms with Gasteiger partial charge in [0.1, 0.15) is 11.6 Å². The van der Waals surface area contributed by atoms with Crippen LogP contribution in [0.1, 0.15) is 15.9 Å². The van der Waals surface area contributed by atoms with Gasteiger partial charge in [-0.05, 0) is 36.8 Å². The number of nitrogens with zero attached hydrogens (tertiary/aromatic N) is 1. The van der Waals surface area contributed by atoms with Gasteiger partial charge in [0, 0.05) is 5.02 Å². The number of hydrogen-bond acceptors (Lipinski definition) is 3. The molecule has 0 radical (unpaired) electrons. The van der Waals surface area contributed by atoms with Gasteiger partial charge in [-0.2, -0.15) is 0 Å². The zero-order valence-electron chi connectivity index (χ0n) is 10.1. The van der Waals surface area contributed by atoms with Crippen molar-refractivity contribution in [2.45, 2.75) is 6.92 Å². The average Bonchev–Trinajstić information content (AvgIpc) is 2.33. The van der Waals surface area contributed by atoms with Crippen LogP contribution < -0.4 is 11.1 Å². The molecule has 0 spiro atoms. The monoisotopic (exact) mass is 279 g/mol. The SMILES string of the molecule is Cc1cc(NC(=O)c2ccc(Cl)cc2F)ncc1N. The third kappa shape index (κ3) is 3.00. The lowest BCUT2D eigenvalue weighted by Gasteiger charge is -2.07. The maximum Gasteiger partial charge on any atom is 0.259 e. The Bertz CT molecular complexity index is 646. The Morgan fingerprint density at radius 1 is 1.42 bits per heavy atom. The molecule has 2 aromatic rings. The van der Waals surface area contributed by atoms with E-state index in [-0.39, 0.29) is 10.6 Å². The molecule has 1 aromatic carbocycles. The van der Waals surface area contributed by atoms with Crippen molar-refractivity contribution in [3.05, 3.63) is 52.4 Å². The van der Waals surface area contributed by atoms with E-state index in [1.54, 1.807) is 13.0 Å². The molecule has 0 aliphatic carbocycles. The number of halogens is 2. The third-order valence-corrected chi connectivity index (χ3v) is 2.80. The van der Waals surface area contributed by atoms with E-state index in [0.29, 0.717) is 11.5 Å². The maximum atomic E-state index is 13.6. The minimum absolute atomic E-state index is 0.0966. The van der Waals surface area contributed by atoms with E-state index in [0.717, 1.165) is 11.6 Å². The Kier molecular flexibility index (Phi) is 3.66. The fourth-order valence-corrected chi connectivity index (χ4v) is 1.65. The molecular weight excluding hydrogens is 269 g/mol. The molecule has 98 valence electrons. The van der Waals surface area contributed by atoms with Crippen LogP contribution in [-0.4, -0.2) is 10.9 Å². The van der Waals surface area contributed by atoms with E-state index in [9.17, 15) is 9.18 Å². The number of pyridine rings is 1. The summed E-state index contributed by atoms with van der Waals surface area (Å²) < 4.78 is 13.6. The molecule has 1 amide bonds. The van der Waals surface area contributed by atoms with Gasteiger partial charge in [-0.25, -0.2) is 9.37 Å². The van der Waals surface area contributed by atoms with Crippen LogP contribution in [0.4, 0.5) is 15.9 Å². The Morgan fingerprint density at radius 2 is 2.16 bits per heavy atom. The molecule has 0 aliphatic heterocycles. The minimum Gasteiger partial charge on any atom is -0.397 e. The molecule has 2 rings (SSSR count). The predicted octanol–water partition coefficient (Wildman–Crippen LogP) is 3.02. The Balaban J connectivity index is 2.23. The molecule has 0 saturated carbocycles. The number of carbonyl (C=O) groups is 1. The number of nitrogens with two attached hydrogens (primary N) is 1. The summed E-state index contributed by atoms with van der Waals surface area (Å²) in [6.45, 7) is 1.79. The lowest BCUT2D eigenvalue weighted by Crippen LogP contribution is -2.15. The highest BCUT2D eigenvalue weighted by Crippen LogP contribution is 2.17. The highest BCUT2D eigenvalue weighted by Gasteiger charge is 2.13. The van der Waals surface area contributed by atoms with Crippen LogP contribution in [0.3, 0.4) is 0 Å². The molecule has 4 nitrogen and oxygen atoms in total. The molecule has 3 N–H and O–H groups in total. The first-order chi connectivity index (χ1) is 8.97. The van der Waals surface area contributed by atoms with Crippen LogP contribution in [-0.2, 0) is 0 Å². The van der Waals surface area contributed by atoms with Crippen LogP contribution in [0, 0.1) is 12.7 Å². The van der Waals surface area contributed by atoms with Crippen molar-refractivity contribution < 1.29 is 9.18 Å². The van der Waals surface area contributed by atoms with Gasteiger partial charge in [0.2, 0.25) is 0 Å². The van der Waals surface area contributed by atoms with Gasteiger partial charge in [0.25, 0.3) is 5.91 Å². The van der Waals surface area contributed by atoms with E-state index in [1.165, 1.54) is 18.3 Å². The number of benzene rings is 1. The zero-order chi connectivity index (χ0) is 14.0. The number of aromatic nitrogens is 1. The number of hydrogen-bond donors (Lipinski definition) is 2. The predicted molar refractivity (Wildman–Crippen MR) is 72.7 cm³/mol. The number of rotatable bonds is 2. The van der Waals surface area contributed by atoms with E-state index < -0.39 is 11.7 Å². The van der Waals surface area contributed by atoms with E-state index in [2.05, 4.69) is 10.3 Å². The second-order valence-electron chi connectivity index (χ2n) is 4.00. The van der Waals surface area contributed by atoms with Crippen LogP contribution in [0.2, 0.25) is 5.02 Å². The lowest BCUT2D eigenvalue weighted by atomic mass is 10.2. The number of aryl methyl sites for hydroxylation is 1. The summed E-state index contributed by atoms with van der Waals surface area (Å²) >= 11 is 5.62. The van der Waals surface area contributed by atoms with Crippen molar-refractivity contribution >= 4 is 29.0 Å². The summed E-state index contributed by atoms with van der Waals surface area (Å²) in [5.74, 6) is -0.964. The van der Waals surface area contributed by atoms with Gasteiger partial charge in [0.05, 0.1) is 17.4 Å². The van der Waals surface area contributed by atoms with Gasteiger partial charge in [-0.15, -0.1) is 0 Å². The molecule has 0 aliphatic rings. The molecular formula is C13H11ClFN3O. The summed E-state index contributed by atoms with van der Waals surface area (Å²) in [5, 5.41) is 2.73. The highest BCUT2D eigenvalue weighted by molar-refractivity contribution is 6.30. The van der Waals surface area contributed by atoms with Crippen molar-refractivity contribution in [2.24, 2.45) is 0 Å². The average molecular weight is 280 g/mol. The summed E-state index contributed by atoms with van der Waals surface area (Å²) in [6.07, 6.45) is 1.43. The van der Waals surface area contributed by atoms with E-state index >= 15 is 0 Å². The number of nitrogen functional groups attached to an aromatic ring is 1. The summed E-state index contributed by atoms with van der Waals surface area (Å²) in [5.41, 5.74) is 6.83. The smallest absolute Gasteiger partial charge is 0.259 e. The zero-order valence-corrected chi connectivity index (χ0v) is 10.8. The molecule has 0 unspecified atom stereocenters. The molecule has 0 atom stereocenters. The van der Waals surface area contributed by atoms with Gasteiger partial charge in [-0.3, -0.25) is 4.79 Å². The largest absolute Gasteiger partial charge is 0.397 e. The van der Waals surface area contributed by atoms with Crippen molar-refractivity contribution in [2.75, 3.05) is 11.1 Å². The second kappa shape index (κ2) is 5.24. The van der Waals surface area contributed by atoms with Crippen molar-refractivity contribution in [1.82, 2.24) is 4.98 Å². The number of carbonyl (C=O) groups excluding carboxylic acids is 1. The molecule has 0 bridgehead atoms. The third-order valence-electron chi connectivity index (χ3n) is 2.57. The van der Waals surface area contributed by atoms with Gasteiger partial charge in [0.15, 0.2) is 0 Å². The molecule has 1 aromatic heterocycles. The molecule has 0 saturated heterocycles. The van der Waals surface area contributed by atoms with Crippen LogP contribution in [0.25, 0.3) is 0 Å². The van der Waals surface area contributed by atoms with Crippen LogP contribution >= 0.6 is 11.6 Å². The Labute approximate surface area is 114 Å². The summed E-state index contributed by atoms with van der Waals surface area (Å²) in [6, 6.07) is 5.46. The molecule has 1 heterocycles. The molecule has 6 heteroatoms. The first-order valence-corrected chi connectivity index (χ1v) is 5.83. The fourth-order valence-electron chi connectivity index (χ4n) is 1.49. The molecule has 0 fully saturated rings. The minimum atomic E-state index is -0.683. The highest BCUT2D eigenvalue weighted by atomic mass is 35.5. The molecule has 19 heavy (non-hydrogen) atoms. The quantitative estimate of drug-likeness (QED) is 0.888. The van der Waals surface area contributed by atoms with Gasteiger partial charge >= 0.3 is 0 Å². The van der Waals surface area contributed by atoms with Crippen molar-refractivity contribution in [1.29, 1.82) is 0 Å². The normalized spacial score (nSPS) is 10.3. The van der Waals surface area contributed by atoms with Crippen molar-refractivity contribution in [3.8, 4) is 0 Å². The van der Waals surface area contributed by atoms with E-state index in [4.69, 9.17) is 17.3 Å². The van der Waals surface area contributed by atoms with Crippen molar-refractivity contribution in [3.63, 3.8) is 0 Å². The summed E-state index contributed by atoms with van der Waals surface area (Å²) in [4.78, 5) is 15.8. The number of amides is 1. The summed E-state index contributed by atoms with van der Waals surface area (Å²) in [7, 11) is 0. The topological polar surface area (TPSA) is 68.0 Å². The standard InChI is InChI=1S/C13H11ClFN3O/c1-7-4-12(17-6-11(7)16)18-13(19)9-3-2-8(14)5-10(9)15/h2-6H,16H2,1H3,(H,17,18,19). The van der Waals surface area contributed by atoms with E-state index in [1.807, 2.05) is 0 Å².